The van der Waals surface area contributed by atoms with Crippen LogP contribution in [0.25, 0.3) is 0 Å². The van der Waals surface area contributed by atoms with Gasteiger partial charge in [-0.25, -0.2) is 8.42 Å². The second-order valence-electron chi connectivity index (χ2n) is 10.5. The van der Waals surface area contributed by atoms with Crippen molar-refractivity contribution >= 4 is 50.7 Å². The van der Waals surface area contributed by atoms with E-state index in [9.17, 15) is 18.0 Å². The average Bonchev–Trinajstić information content (AvgIpc) is 2.88. The minimum absolute atomic E-state index is 0.0110. The summed E-state index contributed by atoms with van der Waals surface area (Å²) >= 11 is 12.4. The molecule has 0 aromatic heterocycles. The number of sulfonamides is 1. The first kappa shape index (κ1) is 31.5. The molecule has 0 aliphatic carbocycles. The van der Waals surface area contributed by atoms with Crippen LogP contribution in [0.1, 0.15) is 45.2 Å². The molecule has 40 heavy (non-hydrogen) atoms. The molecule has 10 heteroatoms. The van der Waals surface area contributed by atoms with E-state index in [1.54, 1.807) is 55.5 Å². The molecule has 0 saturated carbocycles. The van der Waals surface area contributed by atoms with Gasteiger partial charge in [0.25, 0.3) is 10.0 Å². The molecule has 7 nitrogen and oxygen atoms in total. The third kappa shape index (κ3) is 7.77. The van der Waals surface area contributed by atoms with Gasteiger partial charge in [0.15, 0.2) is 0 Å². The molecule has 0 bridgehead atoms. The van der Waals surface area contributed by atoms with Gasteiger partial charge in [0, 0.05) is 22.1 Å². The quantitative estimate of drug-likeness (QED) is 0.298. The third-order valence-corrected chi connectivity index (χ3v) is 8.64. The van der Waals surface area contributed by atoms with Crippen molar-refractivity contribution in [2.75, 3.05) is 10.8 Å². The Labute approximate surface area is 247 Å². The molecule has 3 aromatic rings. The molecule has 3 aromatic carbocycles. The van der Waals surface area contributed by atoms with E-state index in [2.05, 4.69) is 5.32 Å². The van der Waals surface area contributed by atoms with Gasteiger partial charge < -0.3 is 10.2 Å². The molecule has 0 spiro atoms. The molecular formula is C30H35Cl2N3O4S. The van der Waals surface area contributed by atoms with Crippen LogP contribution in [-0.2, 0) is 26.2 Å². The highest BCUT2D eigenvalue weighted by atomic mass is 35.5. The SMILES string of the molecule is CC[C@H](C(=O)NC(C)(C)C)N(Cc1ccccc1Cl)C(=O)CN(c1ccccc1C)S(=O)(=O)c1ccc(Cl)cc1. The molecule has 1 atom stereocenters. The second-order valence-corrected chi connectivity index (χ2v) is 13.2. The van der Waals surface area contributed by atoms with Gasteiger partial charge in [-0.1, -0.05) is 66.5 Å². The first-order chi connectivity index (χ1) is 18.7. The lowest BCUT2D eigenvalue weighted by Crippen LogP contribution is -2.55. The highest BCUT2D eigenvalue weighted by Gasteiger charge is 2.35. The van der Waals surface area contributed by atoms with Crippen LogP contribution in [0, 0.1) is 6.92 Å². The summed E-state index contributed by atoms with van der Waals surface area (Å²) in [7, 11) is -4.18. The number of benzene rings is 3. The van der Waals surface area contributed by atoms with Gasteiger partial charge >= 0.3 is 0 Å². The van der Waals surface area contributed by atoms with Gasteiger partial charge in [0.2, 0.25) is 11.8 Å². The van der Waals surface area contributed by atoms with Gasteiger partial charge in [-0.05, 0) is 81.6 Å². The Kier molecular flexibility index (Phi) is 10.3. The molecule has 3 rings (SSSR count). The first-order valence-electron chi connectivity index (χ1n) is 12.9. The Morgan fingerprint density at radius 2 is 1.52 bits per heavy atom. The van der Waals surface area contributed by atoms with E-state index in [1.165, 1.54) is 29.2 Å². The first-order valence-corrected chi connectivity index (χ1v) is 15.1. The number of rotatable bonds is 10. The molecule has 0 radical (unpaired) electrons. The number of nitrogens with zero attached hydrogens (tertiary/aromatic N) is 2. The predicted octanol–water partition coefficient (Wildman–Crippen LogP) is 6.22. The number of halogens is 2. The Morgan fingerprint density at radius 1 is 0.925 bits per heavy atom. The monoisotopic (exact) mass is 603 g/mol. The van der Waals surface area contributed by atoms with E-state index in [-0.39, 0.29) is 17.3 Å². The van der Waals surface area contributed by atoms with Gasteiger partial charge in [0.05, 0.1) is 10.6 Å². The van der Waals surface area contributed by atoms with Crippen LogP contribution in [-0.4, -0.2) is 43.3 Å². The molecule has 0 unspecified atom stereocenters. The lowest BCUT2D eigenvalue weighted by atomic mass is 10.1. The van der Waals surface area contributed by atoms with Gasteiger partial charge in [0.1, 0.15) is 12.6 Å². The van der Waals surface area contributed by atoms with Crippen LogP contribution in [0.5, 0.6) is 0 Å². The van der Waals surface area contributed by atoms with Crippen molar-refractivity contribution in [3.63, 3.8) is 0 Å². The van der Waals surface area contributed by atoms with E-state index in [0.717, 1.165) is 4.31 Å². The third-order valence-electron chi connectivity index (χ3n) is 6.25. The molecular weight excluding hydrogens is 569 g/mol. The number of hydrogen-bond acceptors (Lipinski definition) is 4. The Morgan fingerprint density at radius 3 is 2.10 bits per heavy atom. The fourth-order valence-electron chi connectivity index (χ4n) is 4.27. The van der Waals surface area contributed by atoms with E-state index < -0.39 is 34.1 Å². The highest BCUT2D eigenvalue weighted by Crippen LogP contribution is 2.28. The van der Waals surface area contributed by atoms with Crippen LogP contribution < -0.4 is 9.62 Å². The average molecular weight is 605 g/mol. The van der Waals surface area contributed by atoms with Crippen LogP contribution >= 0.6 is 23.2 Å². The number of nitrogens with one attached hydrogen (secondary N) is 1. The number of aryl methyl sites for hydroxylation is 1. The maximum Gasteiger partial charge on any atom is 0.264 e. The Balaban J connectivity index is 2.10. The summed E-state index contributed by atoms with van der Waals surface area (Å²) < 4.78 is 29.0. The van der Waals surface area contributed by atoms with Crippen molar-refractivity contribution in [2.24, 2.45) is 0 Å². The fraction of sp³-hybridized carbons (Fsp3) is 0.333. The minimum Gasteiger partial charge on any atom is -0.350 e. The zero-order valence-electron chi connectivity index (χ0n) is 23.3. The molecule has 2 amide bonds. The van der Waals surface area contributed by atoms with Crippen molar-refractivity contribution in [3.05, 3.63) is 94.0 Å². The van der Waals surface area contributed by atoms with Crippen molar-refractivity contribution in [2.45, 2.75) is 64.1 Å². The Hall–Kier alpha value is -3.07. The summed E-state index contributed by atoms with van der Waals surface area (Å²) in [5.41, 5.74) is 1.13. The largest absolute Gasteiger partial charge is 0.350 e. The van der Waals surface area contributed by atoms with Crippen molar-refractivity contribution in [1.82, 2.24) is 10.2 Å². The summed E-state index contributed by atoms with van der Waals surface area (Å²) in [4.78, 5) is 28.9. The number of para-hydroxylation sites is 1. The number of anilines is 1. The van der Waals surface area contributed by atoms with E-state index in [4.69, 9.17) is 23.2 Å². The number of hydrogen-bond donors (Lipinski definition) is 1. The molecule has 0 aliphatic rings. The van der Waals surface area contributed by atoms with Gasteiger partial charge in [-0.3, -0.25) is 13.9 Å². The summed E-state index contributed by atoms with van der Waals surface area (Å²) in [5.74, 6) is -0.880. The molecule has 0 saturated heterocycles. The van der Waals surface area contributed by atoms with Crippen molar-refractivity contribution in [1.29, 1.82) is 0 Å². The predicted molar refractivity (Wildman–Crippen MR) is 161 cm³/mol. The lowest BCUT2D eigenvalue weighted by Gasteiger charge is -2.35. The maximum atomic E-state index is 14.1. The maximum absolute atomic E-state index is 14.1. The zero-order chi connectivity index (χ0) is 29.7. The molecule has 0 aliphatic heterocycles. The summed E-state index contributed by atoms with van der Waals surface area (Å²) in [5, 5.41) is 3.78. The zero-order valence-corrected chi connectivity index (χ0v) is 25.6. The van der Waals surface area contributed by atoms with Gasteiger partial charge in [-0.15, -0.1) is 0 Å². The highest BCUT2D eigenvalue weighted by molar-refractivity contribution is 7.92. The van der Waals surface area contributed by atoms with E-state index >= 15 is 0 Å². The van der Waals surface area contributed by atoms with Crippen LogP contribution in [0.4, 0.5) is 5.69 Å². The summed E-state index contributed by atoms with van der Waals surface area (Å²) in [6, 6.07) is 18.9. The molecule has 0 fully saturated rings. The topological polar surface area (TPSA) is 86.8 Å². The lowest BCUT2D eigenvalue weighted by molar-refractivity contribution is -0.141. The summed E-state index contributed by atoms with van der Waals surface area (Å²) in [6.45, 7) is 8.65. The fourth-order valence-corrected chi connectivity index (χ4v) is 6.07. The molecule has 214 valence electrons. The number of carbonyl (C=O) groups is 2. The molecule has 0 heterocycles. The van der Waals surface area contributed by atoms with Crippen molar-refractivity contribution < 1.29 is 18.0 Å². The van der Waals surface area contributed by atoms with Crippen LogP contribution in [0.2, 0.25) is 10.0 Å². The van der Waals surface area contributed by atoms with E-state index in [0.29, 0.717) is 33.3 Å². The van der Waals surface area contributed by atoms with Crippen molar-refractivity contribution in [3.8, 4) is 0 Å². The minimum atomic E-state index is -4.18. The molecule has 1 N–H and O–H groups in total. The summed E-state index contributed by atoms with van der Waals surface area (Å²) in [6.07, 6.45) is 0.312. The normalized spacial score (nSPS) is 12.5. The number of amides is 2. The van der Waals surface area contributed by atoms with Crippen LogP contribution in [0.15, 0.2) is 77.7 Å². The Bertz CT molecular complexity index is 1450. The van der Waals surface area contributed by atoms with Gasteiger partial charge in [-0.2, -0.15) is 0 Å². The standard InChI is InChI=1S/C30H35Cl2N3O4S/c1-6-26(29(37)33-30(3,4)5)34(19-22-12-8-9-13-25(22)32)28(36)20-35(27-14-10-7-11-21(27)2)40(38,39)24-17-15-23(31)16-18-24/h7-18,26H,6,19-20H2,1-5H3,(H,33,37)/t26-/m1/s1. The number of carbonyl (C=O) groups excluding carboxylic acids is 2. The smallest absolute Gasteiger partial charge is 0.264 e. The van der Waals surface area contributed by atoms with Crippen LogP contribution in [0.3, 0.4) is 0 Å². The second kappa shape index (κ2) is 13.1. The van der Waals surface area contributed by atoms with E-state index in [1.807, 2.05) is 27.7 Å².